The van der Waals surface area contributed by atoms with Gasteiger partial charge < -0.3 is 33.9 Å². The minimum absolute atomic E-state index is 0.159. The van der Waals surface area contributed by atoms with E-state index in [0.29, 0.717) is 10.9 Å². The molecule has 0 amide bonds. The summed E-state index contributed by atoms with van der Waals surface area (Å²) in [7, 11) is 3.32. The van der Waals surface area contributed by atoms with Gasteiger partial charge in [-0.15, -0.1) is 0 Å². The summed E-state index contributed by atoms with van der Waals surface area (Å²) < 4.78 is 19.1. The molecule has 2 fully saturated rings. The smallest absolute Gasteiger partial charge is 0.174 e. The molecule has 2 atom stereocenters. The Balaban J connectivity index is 1.44. The summed E-state index contributed by atoms with van der Waals surface area (Å²) >= 11 is 5.98. The van der Waals surface area contributed by atoms with Gasteiger partial charge in [-0.05, 0) is 86.2 Å². The van der Waals surface area contributed by atoms with Crippen molar-refractivity contribution in [2.75, 3.05) is 50.3 Å². The Labute approximate surface area is 246 Å². The topological polar surface area (TPSA) is 64.0 Å². The van der Waals surface area contributed by atoms with E-state index in [2.05, 4.69) is 63.9 Å². The SMILES string of the molecule is COc1ccc(N2C(=S)N[C@@H](c3ccccn3)[C@H]2c2cc(C)n(-c3ccc(N4CCOCC4)cc3)c2C)c(OC)c1. The standard InChI is InChI=1S/C32H35N5O3S/c1-21-19-26(22(2)36(21)24-10-8-23(9-11-24)35-15-17-40-18-16-35)31-30(27-7-5-6-14-33-27)34-32(41)37(31)28-13-12-25(38-3)20-29(28)39-4/h5-14,19-20,30-31H,15-18H2,1-4H3,(H,34,41)/t30-,31+/m0/s1. The van der Waals surface area contributed by atoms with Crippen molar-refractivity contribution in [1.82, 2.24) is 14.9 Å². The van der Waals surface area contributed by atoms with Crippen LogP contribution in [0.5, 0.6) is 11.5 Å². The molecule has 6 rings (SSSR count). The number of aryl methyl sites for hydroxylation is 1. The van der Waals surface area contributed by atoms with E-state index < -0.39 is 0 Å². The second kappa shape index (κ2) is 11.4. The molecule has 0 unspecified atom stereocenters. The van der Waals surface area contributed by atoms with Crippen LogP contribution in [0.3, 0.4) is 0 Å². The second-order valence-electron chi connectivity index (χ2n) is 10.3. The number of anilines is 2. The molecule has 4 aromatic rings. The Bertz CT molecular complexity index is 1530. The van der Waals surface area contributed by atoms with E-state index in [9.17, 15) is 0 Å². The summed E-state index contributed by atoms with van der Waals surface area (Å²) in [5, 5.41) is 4.19. The molecule has 212 valence electrons. The third-order valence-electron chi connectivity index (χ3n) is 8.02. The fraction of sp³-hybridized carbons (Fsp3) is 0.312. The van der Waals surface area contributed by atoms with Crippen molar-refractivity contribution in [1.29, 1.82) is 0 Å². The molecule has 2 saturated heterocycles. The molecule has 0 aliphatic carbocycles. The fourth-order valence-electron chi connectivity index (χ4n) is 6.03. The first-order valence-corrected chi connectivity index (χ1v) is 14.3. The molecule has 2 aromatic carbocycles. The summed E-state index contributed by atoms with van der Waals surface area (Å²) in [6, 6.07) is 22.6. The van der Waals surface area contributed by atoms with Crippen molar-refractivity contribution < 1.29 is 14.2 Å². The van der Waals surface area contributed by atoms with Crippen LogP contribution in [0.15, 0.2) is 72.9 Å². The van der Waals surface area contributed by atoms with Gasteiger partial charge >= 0.3 is 0 Å². The fourth-order valence-corrected chi connectivity index (χ4v) is 6.37. The van der Waals surface area contributed by atoms with Crippen LogP contribution in [0.1, 0.15) is 34.7 Å². The van der Waals surface area contributed by atoms with Gasteiger partial charge in [-0.2, -0.15) is 0 Å². The maximum atomic E-state index is 5.98. The lowest BCUT2D eigenvalue weighted by Gasteiger charge is -2.29. The van der Waals surface area contributed by atoms with Gasteiger partial charge in [0.25, 0.3) is 0 Å². The lowest BCUT2D eigenvalue weighted by Crippen LogP contribution is -2.36. The molecular weight excluding hydrogens is 534 g/mol. The van der Waals surface area contributed by atoms with Gasteiger partial charge in [0.15, 0.2) is 5.11 Å². The average molecular weight is 570 g/mol. The van der Waals surface area contributed by atoms with Crippen LogP contribution < -0.4 is 24.6 Å². The summed E-state index contributed by atoms with van der Waals surface area (Å²) in [6.07, 6.45) is 1.83. The number of methoxy groups -OCH3 is 2. The van der Waals surface area contributed by atoms with Crippen molar-refractivity contribution in [3.63, 3.8) is 0 Å². The number of benzene rings is 2. The lowest BCUT2D eigenvalue weighted by molar-refractivity contribution is 0.122. The number of hydrogen-bond donors (Lipinski definition) is 1. The van der Waals surface area contributed by atoms with Gasteiger partial charge in [-0.3, -0.25) is 4.98 Å². The van der Waals surface area contributed by atoms with Crippen LogP contribution in [0.25, 0.3) is 5.69 Å². The average Bonchev–Trinajstić information content (AvgIpc) is 3.52. The predicted molar refractivity (Wildman–Crippen MR) is 166 cm³/mol. The van der Waals surface area contributed by atoms with Crippen LogP contribution in [0.4, 0.5) is 11.4 Å². The molecule has 9 heteroatoms. The molecule has 4 heterocycles. The molecule has 0 spiro atoms. The maximum absolute atomic E-state index is 5.98. The predicted octanol–water partition coefficient (Wildman–Crippen LogP) is 5.52. The van der Waals surface area contributed by atoms with Gasteiger partial charge in [0.05, 0.1) is 50.9 Å². The largest absolute Gasteiger partial charge is 0.497 e. The van der Waals surface area contributed by atoms with Gasteiger partial charge in [0.1, 0.15) is 11.5 Å². The Morgan fingerprint density at radius 3 is 2.37 bits per heavy atom. The van der Waals surface area contributed by atoms with Crippen LogP contribution >= 0.6 is 12.2 Å². The van der Waals surface area contributed by atoms with Gasteiger partial charge in [-0.25, -0.2) is 0 Å². The lowest BCUT2D eigenvalue weighted by atomic mass is 9.96. The zero-order valence-electron chi connectivity index (χ0n) is 23.8. The Hall–Kier alpha value is -4.08. The highest BCUT2D eigenvalue weighted by Crippen LogP contribution is 2.46. The molecule has 0 bridgehead atoms. The van der Waals surface area contributed by atoms with E-state index in [-0.39, 0.29) is 12.1 Å². The van der Waals surface area contributed by atoms with Crippen molar-refractivity contribution in [3.05, 3.63) is 95.6 Å². The Morgan fingerprint density at radius 2 is 1.68 bits per heavy atom. The Morgan fingerprint density at radius 1 is 0.927 bits per heavy atom. The van der Waals surface area contributed by atoms with Crippen LogP contribution in [-0.4, -0.2) is 55.2 Å². The van der Waals surface area contributed by atoms with Crippen molar-refractivity contribution >= 4 is 28.7 Å². The van der Waals surface area contributed by atoms with Crippen molar-refractivity contribution in [2.45, 2.75) is 25.9 Å². The molecule has 2 aromatic heterocycles. The normalized spacial score (nSPS) is 18.9. The first-order chi connectivity index (χ1) is 20.0. The molecule has 0 saturated carbocycles. The summed E-state index contributed by atoms with van der Waals surface area (Å²) in [6.45, 7) is 7.70. The second-order valence-corrected chi connectivity index (χ2v) is 10.7. The zero-order valence-corrected chi connectivity index (χ0v) is 24.6. The molecule has 2 aliphatic rings. The number of rotatable bonds is 7. The number of nitrogens with one attached hydrogen (secondary N) is 1. The van der Waals surface area contributed by atoms with E-state index in [1.807, 2.05) is 42.6 Å². The van der Waals surface area contributed by atoms with E-state index in [4.69, 9.17) is 31.4 Å². The van der Waals surface area contributed by atoms with Crippen molar-refractivity contribution in [3.8, 4) is 17.2 Å². The van der Waals surface area contributed by atoms with E-state index >= 15 is 0 Å². The third kappa shape index (κ3) is 5.00. The minimum Gasteiger partial charge on any atom is -0.497 e. The minimum atomic E-state index is -0.160. The van der Waals surface area contributed by atoms with Gasteiger partial charge in [0.2, 0.25) is 0 Å². The summed E-state index contributed by atoms with van der Waals surface area (Å²) in [4.78, 5) is 9.24. The molecular formula is C32H35N5O3S. The third-order valence-corrected chi connectivity index (χ3v) is 8.33. The highest BCUT2D eigenvalue weighted by atomic mass is 32.1. The molecule has 0 radical (unpaired) electrons. The molecule has 8 nitrogen and oxygen atoms in total. The van der Waals surface area contributed by atoms with Gasteiger partial charge in [0, 0.05) is 48.1 Å². The monoisotopic (exact) mass is 569 g/mol. The van der Waals surface area contributed by atoms with Crippen LogP contribution in [0, 0.1) is 13.8 Å². The van der Waals surface area contributed by atoms with Crippen molar-refractivity contribution in [2.24, 2.45) is 0 Å². The number of hydrogen-bond acceptors (Lipinski definition) is 6. The zero-order chi connectivity index (χ0) is 28.5. The number of aromatic nitrogens is 2. The van der Waals surface area contributed by atoms with E-state index in [1.165, 1.54) is 11.3 Å². The number of morpholine rings is 1. The van der Waals surface area contributed by atoms with E-state index in [0.717, 1.165) is 60.5 Å². The summed E-state index contributed by atoms with van der Waals surface area (Å²) in [5.74, 6) is 1.41. The van der Waals surface area contributed by atoms with Crippen LogP contribution in [-0.2, 0) is 4.74 Å². The van der Waals surface area contributed by atoms with Gasteiger partial charge in [-0.1, -0.05) is 6.07 Å². The highest BCUT2D eigenvalue weighted by molar-refractivity contribution is 7.80. The highest BCUT2D eigenvalue weighted by Gasteiger charge is 2.43. The maximum Gasteiger partial charge on any atom is 0.174 e. The number of pyridine rings is 1. The van der Waals surface area contributed by atoms with Crippen LogP contribution in [0.2, 0.25) is 0 Å². The summed E-state index contributed by atoms with van der Waals surface area (Å²) in [5.41, 5.74) is 7.61. The number of nitrogens with zero attached hydrogens (tertiary/aromatic N) is 4. The quantitative estimate of drug-likeness (QED) is 0.292. The molecule has 1 N–H and O–H groups in total. The molecule has 2 aliphatic heterocycles. The number of thiocarbonyl (C=S) groups is 1. The first-order valence-electron chi connectivity index (χ1n) is 13.8. The first kappa shape index (κ1) is 27.1. The van der Waals surface area contributed by atoms with E-state index in [1.54, 1.807) is 14.2 Å². The number of ether oxygens (including phenoxy) is 3. The molecule has 41 heavy (non-hydrogen) atoms. The Kier molecular flexibility index (Phi) is 7.55.